The first-order valence-electron chi connectivity index (χ1n) is 6.46. The number of benzene rings is 1. The summed E-state index contributed by atoms with van der Waals surface area (Å²) >= 11 is 0. The van der Waals surface area contributed by atoms with Gasteiger partial charge in [0.05, 0.1) is 18.2 Å². The number of nitrogens with one attached hydrogen (secondary N) is 1. The lowest BCUT2D eigenvalue weighted by atomic mass is 9.98. The van der Waals surface area contributed by atoms with E-state index in [4.69, 9.17) is 5.73 Å². The molecule has 94 valence electrons. The van der Waals surface area contributed by atoms with E-state index in [2.05, 4.69) is 33.1 Å². The van der Waals surface area contributed by atoms with Crippen molar-refractivity contribution in [3.05, 3.63) is 36.3 Å². The Balaban J connectivity index is 2.08. The SMILES string of the molecule is NCCn1cncc1-c1cccc2c1NCCC2. The highest BCUT2D eigenvalue weighted by molar-refractivity contribution is 5.78. The second-order valence-electron chi connectivity index (χ2n) is 4.63. The fourth-order valence-corrected chi connectivity index (χ4v) is 2.59. The maximum absolute atomic E-state index is 5.64. The summed E-state index contributed by atoms with van der Waals surface area (Å²) in [6.45, 7) is 2.49. The number of nitrogens with two attached hydrogens (primary N) is 1. The van der Waals surface area contributed by atoms with Crippen molar-refractivity contribution in [1.29, 1.82) is 0 Å². The number of para-hydroxylation sites is 1. The molecule has 2 aromatic rings. The fourth-order valence-electron chi connectivity index (χ4n) is 2.59. The fraction of sp³-hybridized carbons (Fsp3) is 0.357. The van der Waals surface area contributed by atoms with Crippen molar-refractivity contribution in [2.24, 2.45) is 5.73 Å². The molecule has 1 aromatic carbocycles. The summed E-state index contributed by atoms with van der Waals surface area (Å²) in [4.78, 5) is 4.25. The van der Waals surface area contributed by atoms with Crippen LogP contribution in [0.1, 0.15) is 12.0 Å². The first-order valence-corrected chi connectivity index (χ1v) is 6.46. The van der Waals surface area contributed by atoms with Gasteiger partial charge in [0.15, 0.2) is 0 Å². The van der Waals surface area contributed by atoms with Gasteiger partial charge < -0.3 is 15.6 Å². The minimum absolute atomic E-state index is 0.631. The zero-order valence-corrected chi connectivity index (χ0v) is 10.4. The standard InChI is InChI=1S/C14H18N4/c15-6-8-18-10-16-9-13(18)12-5-1-3-11-4-2-7-17-14(11)12/h1,3,5,9-10,17H,2,4,6-8,15H2. The van der Waals surface area contributed by atoms with Crippen LogP contribution in [-0.2, 0) is 13.0 Å². The number of aryl methyl sites for hydroxylation is 1. The van der Waals surface area contributed by atoms with E-state index in [-0.39, 0.29) is 0 Å². The number of hydrogen-bond acceptors (Lipinski definition) is 3. The van der Waals surface area contributed by atoms with Crippen molar-refractivity contribution < 1.29 is 0 Å². The molecule has 0 bridgehead atoms. The van der Waals surface area contributed by atoms with Crippen LogP contribution in [0.4, 0.5) is 5.69 Å². The summed E-state index contributed by atoms with van der Waals surface area (Å²) in [6.07, 6.45) is 6.13. The number of anilines is 1. The van der Waals surface area contributed by atoms with Gasteiger partial charge in [-0.25, -0.2) is 4.98 Å². The topological polar surface area (TPSA) is 55.9 Å². The molecule has 0 spiro atoms. The van der Waals surface area contributed by atoms with Gasteiger partial charge in [-0.05, 0) is 18.4 Å². The van der Waals surface area contributed by atoms with E-state index in [0.29, 0.717) is 6.54 Å². The Kier molecular flexibility index (Phi) is 3.02. The van der Waals surface area contributed by atoms with Crippen LogP contribution < -0.4 is 11.1 Å². The number of nitrogens with zero attached hydrogens (tertiary/aromatic N) is 2. The van der Waals surface area contributed by atoms with Crippen LogP contribution in [-0.4, -0.2) is 22.6 Å². The molecule has 3 rings (SSSR count). The smallest absolute Gasteiger partial charge is 0.0951 e. The monoisotopic (exact) mass is 242 g/mol. The van der Waals surface area contributed by atoms with Gasteiger partial charge in [-0.15, -0.1) is 0 Å². The van der Waals surface area contributed by atoms with Gasteiger partial charge >= 0.3 is 0 Å². The lowest BCUT2D eigenvalue weighted by molar-refractivity contribution is 0.713. The Bertz CT molecular complexity index is 544. The highest BCUT2D eigenvalue weighted by Gasteiger charge is 2.15. The van der Waals surface area contributed by atoms with Gasteiger partial charge in [-0.3, -0.25) is 0 Å². The molecule has 0 atom stereocenters. The highest BCUT2D eigenvalue weighted by Crippen LogP contribution is 2.33. The van der Waals surface area contributed by atoms with Gasteiger partial charge in [0.1, 0.15) is 0 Å². The van der Waals surface area contributed by atoms with Crippen molar-refractivity contribution in [2.45, 2.75) is 19.4 Å². The van der Waals surface area contributed by atoms with Gasteiger partial charge in [0.25, 0.3) is 0 Å². The van der Waals surface area contributed by atoms with Crippen molar-refractivity contribution >= 4 is 5.69 Å². The van der Waals surface area contributed by atoms with Crippen molar-refractivity contribution in [3.8, 4) is 11.3 Å². The van der Waals surface area contributed by atoms with E-state index in [0.717, 1.165) is 25.2 Å². The molecular formula is C14H18N4. The lowest BCUT2D eigenvalue weighted by Gasteiger charge is -2.21. The van der Waals surface area contributed by atoms with Crippen LogP contribution in [0.15, 0.2) is 30.7 Å². The molecular weight excluding hydrogens is 224 g/mol. The summed E-state index contributed by atoms with van der Waals surface area (Å²) in [5, 5.41) is 3.52. The van der Waals surface area contributed by atoms with E-state index >= 15 is 0 Å². The van der Waals surface area contributed by atoms with E-state index in [9.17, 15) is 0 Å². The minimum atomic E-state index is 0.631. The van der Waals surface area contributed by atoms with Gasteiger partial charge in [0.2, 0.25) is 0 Å². The zero-order valence-electron chi connectivity index (χ0n) is 10.4. The number of fused-ring (bicyclic) bond motifs is 1. The van der Waals surface area contributed by atoms with E-state index < -0.39 is 0 Å². The van der Waals surface area contributed by atoms with Crippen LogP contribution in [0.2, 0.25) is 0 Å². The molecule has 0 amide bonds. The lowest BCUT2D eigenvalue weighted by Crippen LogP contribution is -2.14. The van der Waals surface area contributed by atoms with Crippen LogP contribution in [0.3, 0.4) is 0 Å². The first kappa shape index (κ1) is 11.3. The predicted molar refractivity (Wildman–Crippen MR) is 73.5 cm³/mol. The molecule has 0 radical (unpaired) electrons. The molecule has 3 N–H and O–H groups in total. The summed E-state index contributed by atoms with van der Waals surface area (Å²) in [6, 6.07) is 6.48. The Labute approximate surface area is 107 Å². The Morgan fingerprint density at radius 1 is 1.39 bits per heavy atom. The van der Waals surface area contributed by atoms with Crippen molar-refractivity contribution in [2.75, 3.05) is 18.4 Å². The van der Waals surface area contributed by atoms with Crippen LogP contribution in [0.25, 0.3) is 11.3 Å². The number of rotatable bonds is 3. The number of imidazole rings is 1. The maximum Gasteiger partial charge on any atom is 0.0951 e. The molecule has 0 fully saturated rings. The summed E-state index contributed by atoms with van der Waals surface area (Å²) in [5.41, 5.74) is 10.7. The molecule has 0 unspecified atom stereocenters. The van der Waals surface area contributed by atoms with Gasteiger partial charge in [0, 0.05) is 30.9 Å². The van der Waals surface area contributed by atoms with Gasteiger partial charge in [-0.2, -0.15) is 0 Å². The summed E-state index contributed by atoms with van der Waals surface area (Å²) in [7, 11) is 0. The van der Waals surface area contributed by atoms with Crippen LogP contribution >= 0.6 is 0 Å². The minimum Gasteiger partial charge on any atom is -0.384 e. The second-order valence-corrected chi connectivity index (χ2v) is 4.63. The Morgan fingerprint density at radius 3 is 3.22 bits per heavy atom. The third kappa shape index (κ3) is 1.88. The first-order chi connectivity index (χ1) is 8.90. The molecule has 2 heterocycles. The molecule has 0 saturated carbocycles. The molecule has 0 saturated heterocycles. The molecule has 18 heavy (non-hydrogen) atoms. The van der Waals surface area contributed by atoms with E-state index in [1.54, 1.807) is 0 Å². The molecule has 1 aliphatic rings. The summed E-state index contributed by atoms with van der Waals surface area (Å²) < 4.78 is 2.12. The van der Waals surface area contributed by atoms with E-state index in [1.807, 2.05) is 12.5 Å². The predicted octanol–water partition coefficient (Wildman–Crippen LogP) is 1.87. The summed E-state index contributed by atoms with van der Waals surface area (Å²) in [5.74, 6) is 0. The Hall–Kier alpha value is -1.81. The van der Waals surface area contributed by atoms with Crippen LogP contribution in [0.5, 0.6) is 0 Å². The second kappa shape index (κ2) is 4.82. The molecule has 1 aromatic heterocycles. The van der Waals surface area contributed by atoms with Crippen molar-refractivity contribution in [3.63, 3.8) is 0 Å². The molecule has 1 aliphatic heterocycles. The highest BCUT2D eigenvalue weighted by atomic mass is 15.1. The van der Waals surface area contributed by atoms with Gasteiger partial charge in [-0.1, -0.05) is 18.2 Å². The normalized spacial score (nSPS) is 14.1. The average Bonchev–Trinajstić information content (AvgIpc) is 2.87. The van der Waals surface area contributed by atoms with Crippen LogP contribution in [0, 0.1) is 0 Å². The van der Waals surface area contributed by atoms with Crippen molar-refractivity contribution in [1.82, 2.24) is 9.55 Å². The number of hydrogen-bond donors (Lipinski definition) is 2. The quantitative estimate of drug-likeness (QED) is 0.864. The third-order valence-electron chi connectivity index (χ3n) is 3.43. The molecule has 0 aliphatic carbocycles. The van der Waals surface area contributed by atoms with E-state index in [1.165, 1.54) is 23.2 Å². The zero-order chi connectivity index (χ0) is 12.4. The largest absolute Gasteiger partial charge is 0.384 e. The maximum atomic E-state index is 5.64. The molecule has 4 heteroatoms. The molecule has 4 nitrogen and oxygen atoms in total. The number of aromatic nitrogens is 2. The Morgan fingerprint density at radius 2 is 2.33 bits per heavy atom. The average molecular weight is 242 g/mol. The third-order valence-corrected chi connectivity index (χ3v) is 3.43.